The van der Waals surface area contributed by atoms with Gasteiger partial charge in [-0.2, -0.15) is 0 Å². The smallest absolute Gasteiger partial charge is 0.265 e. The number of anilines is 2. The summed E-state index contributed by atoms with van der Waals surface area (Å²) in [4.78, 5) is 24.4. The Labute approximate surface area is 126 Å². The van der Waals surface area contributed by atoms with Gasteiger partial charge in [0, 0.05) is 5.69 Å². The molecule has 6 heteroatoms. The van der Waals surface area contributed by atoms with Crippen LogP contribution in [0.2, 0.25) is 0 Å². The van der Waals surface area contributed by atoms with Crippen molar-refractivity contribution in [2.45, 2.75) is 12.2 Å². The van der Waals surface area contributed by atoms with Gasteiger partial charge in [-0.25, -0.2) is 4.90 Å². The molecular formula is C16H14N2O4. The quantitative estimate of drug-likeness (QED) is 0.554. The van der Waals surface area contributed by atoms with E-state index in [1.807, 2.05) is 12.1 Å². The molecule has 2 aromatic carbocycles. The van der Waals surface area contributed by atoms with E-state index in [0.29, 0.717) is 11.4 Å². The zero-order valence-corrected chi connectivity index (χ0v) is 11.5. The maximum Gasteiger partial charge on any atom is 0.265 e. The summed E-state index contributed by atoms with van der Waals surface area (Å²) in [6.07, 6.45) is -3.41. The maximum absolute atomic E-state index is 11.8. The highest BCUT2D eigenvalue weighted by Crippen LogP contribution is 2.27. The van der Waals surface area contributed by atoms with Crippen LogP contribution < -0.4 is 10.6 Å². The van der Waals surface area contributed by atoms with E-state index in [9.17, 15) is 19.8 Å². The van der Waals surface area contributed by atoms with E-state index in [0.717, 1.165) is 16.0 Å². The molecular weight excluding hydrogens is 284 g/mol. The van der Waals surface area contributed by atoms with Gasteiger partial charge in [-0.15, -0.1) is 0 Å². The summed E-state index contributed by atoms with van der Waals surface area (Å²) < 4.78 is 0. The van der Waals surface area contributed by atoms with Crippen LogP contribution in [0, 0.1) is 0 Å². The molecule has 4 N–H and O–H groups in total. The average molecular weight is 298 g/mol. The van der Waals surface area contributed by atoms with E-state index in [4.69, 9.17) is 5.73 Å². The van der Waals surface area contributed by atoms with Gasteiger partial charge in [0.05, 0.1) is 5.69 Å². The minimum absolute atomic E-state index is 0.310. The van der Waals surface area contributed by atoms with E-state index < -0.39 is 24.0 Å². The molecule has 2 unspecified atom stereocenters. The number of rotatable bonds is 2. The number of carbonyl (C=O) groups is 2. The minimum atomic E-state index is -1.70. The number of amides is 2. The molecule has 0 bridgehead atoms. The maximum atomic E-state index is 11.8. The summed E-state index contributed by atoms with van der Waals surface area (Å²) in [5.74, 6) is -1.64. The zero-order valence-electron chi connectivity index (χ0n) is 11.5. The van der Waals surface area contributed by atoms with Crippen LogP contribution in [-0.4, -0.2) is 34.2 Å². The van der Waals surface area contributed by atoms with Gasteiger partial charge in [-0.3, -0.25) is 9.59 Å². The molecule has 2 atom stereocenters. The number of carbonyl (C=O) groups excluding carboxylic acids is 2. The van der Waals surface area contributed by atoms with Crippen molar-refractivity contribution in [2.24, 2.45) is 0 Å². The SMILES string of the molecule is Nc1ccc(-c2ccc(N3C(=O)C(O)C(O)C3=O)cc2)cc1. The predicted molar refractivity (Wildman–Crippen MR) is 80.8 cm³/mol. The molecule has 0 aromatic heterocycles. The van der Waals surface area contributed by atoms with Crippen molar-refractivity contribution in [3.63, 3.8) is 0 Å². The Morgan fingerprint density at radius 1 is 0.773 bits per heavy atom. The largest absolute Gasteiger partial charge is 0.399 e. The molecule has 1 heterocycles. The van der Waals surface area contributed by atoms with Crippen LogP contribution in [0.1, 0.15) is 0 Å². The molecule has 2 aromatic rings. The van der Waals surface area contributed by atoms with Crippen LogP contribution in [0.15, 0.2) is 48.5 Å². The zero-order chi connectivity index (χ0) is 15.9. The number of nitrogens with zero attached hydrogens (tertiary/aromatic N) is 1. The van der Waals surface area contributed by atoms with E-state index >= 15 is 0 Å². The number of benzene rings is 2. The lowest BCUT2D eigenvalue weighted by Gasteiger charge is -2.14. The Balaban J connectivity index is 1.90. The molecule has 1 aliphatic rings. The number of hydrogen-bond acceptors (Lipinski definition) is 5. The molecule has 3 rings (SSSR count). The van der Waals surface area contributed by atoms with Gasteiger partial charge in [0.1, 0.15) is 0 Å². The molecule has 0 saturated carbocycles. The van der Waals surface area contributed by atoms with Gasteiger partial charge in [-0.1, -0.05) is 24.3 Å². The lowest BCUT2D eigenvalue weighted by Crippen LogP contribution is -2.31. The van der Waals surface area contributed by atoms with Crippen LogP contribution >= 0.6 is 0 Å². The number of hydrogen-bond donors (Lipinski definition) is 3. The molecule has 1 aliphatic heterocycles. The summed E-state index contributed by atoms with van der Waals surface area (Å²) in [6, 6.07) is 14.0. The monoisotopic (exact) mass is 298 g/mol. The summed E-state index contributed by atoms with van der Waals surface area (Å²) in [7, 11) is 0. The van der Waals surface area contributed by atoms with E-state index in [-0.39, 0.29) is 0 Å². The normalized spacial score (nSPS) is 21.5. The van der Waals surface area contributed by atoms with E-state index in [1.54, 1.807) is 36.4 Å². The van der Waals surface area contributed by atoms with E-state index in [1.165, 1.54) is 0 Å². The molecule has 0 aliphatic carbocycles. The molecule has 0 radical (unpaired) electrons. The lowest BCUT2D eigenvalue weighted by atomic mass is 10.0. The first-order valence-corrected chi connectivity index (χ1v) is 6.69. The first-order chi connectivity index (χ1) is 10.5. The summed E-state index contributed by atoms with van der Waals surface area (Å²) in [5.41, 5.74) is 8.45. The molecule has 112 valence electrons. The number of nitrogen functional groups attached to an aromatic ring is 1. The van der Waals surface area contributed by atoms with Crippen LogP contribution in [0.5, 0.6) is 0 Å². The highest BCUT2D eigenvalue weighted by molar-refractivity contribution is 6.24. The van der Waals surface area contributed by atoms with Gasteiger partial charge in [-0.05, 0) is 35.4 Å². The van der Waals surface area contributed by atoms with E-state index in [2.05, 4.69) is 0 Å². The second kappa shape index (κ2) is 5.25. The third-order valence-electron chi connectivity index (χ3n) is 3.62. The van der Waals surface area contributed by atoms with Crippen molar-refractivity contribution in [1.29, 1.82) is 0 Å². The molecule has 6 nitrogen and oxygen atoms in total. The number of imide groups is 1. The van der Waals surface area contributed by atoms with Crippen molar-refractivity contribution >= 4 is 23.2 Å². The average Bonchev–Trinajstić information content (AvgIpc) is 2.72. The highest BCUT2D eigenvalue weighted by Gasteiger charge is 2.46. The van der Waals surface area contributed by atoms with Crippen molar-refractivity contribution in [3.05, 3.63) is 48.5 Å². The van der Waals surface area contributed by atoms with Crippen LogP contribution in [0.25, 0.3) is 11.1 Å². The van der Waals surface area contributed by atoms with Crippen LogP contribution in [-0.2, 0) is 9.59 Å². The number of aliphatic hydroxyl groups is 2. The standard InChI is InChI=1S/C16H14N2O4/c17-11-5-1-9(2-6-11)10-3-7-12(8-4-10)18-15(21)13(19)14(20)16(18)22/h1-8,13-14,19-20H,17H2. The first kappa shape index (κ1) is 14.2. The second-order valence-corrected chi connectivity index (χ2v) is 5.07. The minimum Gasteiger partial charge on any atom is -0.399 e. The summed E-state index contributed by atoms with van der Waals surface area (Å²) in [5, 5.41) is 18.9. The van der Waals surface area contributed by atoms with Gasteiger partial charge in [0.25, 0.3) is 11.8 Å². The van der Waals surface area contributed by atoms with Crippen LogP contribution in [0.3, 0.4) is 0 Å². The van der Waals surface area contributed by atoms with Crippen LogP contribution in [0.4, 0.5) is 11.4 Å². The summed E-state index contributed by atoms with van der Waals surface area (Å²) >= 11 is 0. The van der Waals surface area contributed by atoms with Gasteiger partial charge in [0.2, 0.25) is 0 Å². The Kier molecular flexibility index (Phi) is 3.40. The first-order valence-electron chi connectivity index (χ1n) is 6.69. The lowest BCUT2D eigenvalue weighted by molar-refractivity contribution is -0.129. The third-order valence-corrected chi connectivity index (χ3v) is 3.62. The Morgan fingerprint density at radius 3 is 1.64 bits per heavy atom. The number of nitrogens with two attached hydrogens (primary N) is 1. The van der Waals surface area contributed by atoms with Crippen molar-refractivity contribution in [2.75, 3.05) is 10.6 Å². The van der Waals surface area contributed by atoms with Gasteiger partial charge in [0.15, 0.2) is 12.2 Å². The topological polar surface area (TPSA) is 104 Å². The van der Waals surface area contributed by atoms with Gasteiger partial charge >= 0.3 is 0 Å². The summed E-state index contributed by atoms with van der Waals surface area (Å²) in [6.45, 7) is 0. The Hall–Kier alpha value is -2.70. The Bertz CT molecular complexity index is 705. The van der Waals surface area contributed by atoms with Crippen molar-refractivity contribution in [1.82, 2.24) is 0 Å². The third kappa shape index (κ3) is 2.24. The second-order valence-electron chi connectivity index (χ2n) is 5.07. The Morgan fingerprint density at radius 2 is 1.18 bits per heavy atom. The molecule has 22 heavy (non-hydrogen) atoms. The molecule has 1 fully saturated rings. The van der Waals surface area contributed by atoms with Crippen molar-refractivity contribution in [3.8, 4) is 11.1 Å². The number of aliphatic hydroxyl groups excluding tert-OH is 2. The molecule has 0 spiro atoms. The fourth-order valence-corrected chi connectivity index (χ4v) is 2.38. The molecule has 2 amide bonds. The van der Waals surface area contributed by atoms with Gasteiger partial charge < -0.3 is 15.9 Å². The molecule has 1 saturated heterocycles. The van der Waals surface area contributed by atoms with Crippen molar-refractivity contribution < 1.29 is 19.8 Å². The fraction of sp³-hybridized carbons (Fsp3) is 0.125. The highest BCUT2D eigenvalue weighted by atomic mass is 16.4. The fourth-order valence-electron chi connectivity index (χ4n) is 2.38. The predicted octanol–water partition coefficient (Wildman–Crippen LogP) is 0.531.